The topological polar surface area (TPSA) is 106 Å². The Morgan fingerprint density at radius 1 is 1.23 bits per heavy atom. The molecular weight excluding hydrogens is 282 g/mol. The number of hydrogen-bond acceptors (Lipinski definition) is 6. The molecule has 1 aromatic carbocycles. The van der Waals surface area contributed by atoms with Gasteiger partial charge in [-0.25, -0.2) is 4.63 Å². The van der Waals surface area contributed by atoms with Gasteiger partial charge in [0.05, 0.1) is 0 Å². The largest absolute Gasteiger partial charge is 0.379 e. The van der Waals surface area contributed by atoms with E-state index in [-0.39, 0.29) is 17.4 Å². The minimum atomic E-state index is -0.387. The van der Waals surface area contributed by atoms with Crippen molar-refractivity contribution >= 4 is 11.7 Å². The maximum Gasteiger partial charge on any atom is 0.277 e. The van der Waals surface area contributed by atoms with Crippen LogP contribution in [-0.4, -0.2) is 29.3 Å². The van der Waals surface area contributed by atoms with E-state index < -0.39 is 0 Å². The summed E-state index contributed by atoms with van der Waals surface area (Å²) < 4.78 is 4.38. The molecule has 1 heterocycles. The average molecular weight is 303 g/mol. The molecule has 1 amide bonds. The monoisotopic (exact) mass is 303 g/mol. The Morgan fingerprint density at radius 2 is 1.95 bits per heavy atom. The lowest BCUT2D eigenvalue weighted by atomic mass is 10.0. The van der Waals surface area contributed by atoms with Crippen molar-refractivity contribution in [3.63, 3.8) is 0 Å². The molecule has 0 saturated heterocycles. The van der Waals surface area contributed by atoms with E-state index in [1.165, 1.54) is 11.1 Å². The number of aromatic nitrogens is 2. The van der Waals surface area contributed by atoms with Gasteiger partial charge in [0.1, 0.15) is 0 Å². The van der Waals surface area contributed by atoms with Crippen LogP contribution in [0.4, 0.5) is 5.82 Å². The summed E-state index contributed by atoms with van der Waals surface area (Å²) in [5, 5.41) is 12.7. The van der Waals surface area contributed by atoms with Crippen molar-refractivity contribution in [1.82, 2.24) is 20.9 Å². The summed E-state index contributed by atoms with van der Waals surface area (Å²) in [5.74, 6) is 0.146. The number of nitrogen functional groups attached to an aromatic ring is 1. The van der Waals surface area contributed by atoms with Gasteiger partial charge in [0.2, 0.25) is 11.5 Å². The van der Waals surface area contributed by atoms with Crippen molar-refractivity contribution in [2.45, 2.75) is 26.3 Å². The molecule has 0 radical (unpaired) electrons. The molecule has 7 heteroatoms. The smallest absolute Gasteiger partial charge is 0.277 e. The van der Waals surface area contributed by atoms with E-state index >= 15 is 0 Å². The quantitative estimate of drug-likeness (QED) is 0.666. The number of nitrogens with two attached hydrogens (primary N) is 1. The normalized spacial score (nSPS) is 10.9. The van der Waals surface area contributed by atoms with E-state index in [1.807, 2.05) is 0 Å². The fraction of sp³-hybridized carbons (Fsp3) is 0.400. The van der Waals surface area contributed by atoms with Crippen LogP contribution in [-0.2, 0) is 6.54 Å². The summed E-state index contributed by atoms with van der Waals surface area (Å²) in [5.41, 5.74) is 7.99. The zero-order valence-electron chi connectivity index (χ0n) is 12.8. The van der Waals surface area contributed by atoms with E-state index in [1.54, 1.807) is 0 Å². The molecule has 0 bridgehead atoms. The van der Waals surface area contributed by atoms with Crippen LogP contribution in [0.5, 0.6) is 0 Å². The van der Waals surface area contributed by atoms with Gasteiger partial charge in [-0.2, -0.15) is 0 Å². The molecule has 0 fully saturated rings. The zero-order valence-corrected chi connectivity index (χ0v) is 12.8. The zero-order chi connectivity index (χ0) is 15.9. The van der Waals surface area contributed by atoms with Crippen LogP contribution in [0, 0.1) is 0 Å². The Bertz CT molecular complexity index is 607. The Hall–Kier alpha value is -2.41. The Labute approximate surface area is 129 Å². The standard InChI is InChI=1S/C15H21N5O2/c1-10(2)12-5-3-11(4-6-12)9-17-7-8-18-15(21)13-14(16)20-22-19-13/h3-6,10,17H,7-9H2,1-2H3,(H2,16,20)(H,18,21). The van der Waals surface area contributed by atoms with E-state index in [4.69, 9.17) is 5.73 Å². The number of anilines is 1. The van der Waals surface area contributed by atoms with E-state index in [0.29, 0.717) is 19.0 Å². The summed E-state index contributed by atoms with van der Waals surface area (Å²) in [4.78, 5) is 11.7. The lowest BCUT2D eigenvalue weighted by Gasteiger charge is -2.08. The van der Waals surface area contributed by atoms with Crippen molar-refractivity contribution in [1.29, 1.82) is 0 Å². The molecule has 1 aromatic heterocycles. The Balaban J connectivity index is 1.67. The molecule has 4 N–H and O–H groups in total. The molecule has 0 aliphatic heterocycles. The molecule has 0 atom stereocenters. The van der Waals surface area contributed by atoms with Crippen molar-refractivity contribution in [3.05, 3.63) is 41.1 Å². The molecular formula is C15H21N5O2. The number of nitrogens with zero attached hydrogens (tertiary/aromatic N) is 2. The van der Waals surface area contributed by atoms with E-state index in [0.717, 1.165) is 6.54 Å². The highest BCUT2D eigenvalue weighted by Gasteiger charge is 2.14. The molecule has 118 valence electrons. The molecule has 2 rings (SSSR count). The maximum absolute atomic E-state index is 11.7. The fourth-order valence-corrected chi connectivity index (χ4v) is 1.95. The summed E-state index contributed by atoms with van der Waals surface area (Å²) >= 11 is 0. The molecule has 0 spiro atoms. The highest BCUT2D eigenvalue weighted by Crippen LogP contribution is 2.14. The number of nitrogens with one attached hydrogen (secondary N) is 2. The number of carbonyl (C=O) groups is 1. The van der Waals surface area contributed by atoms with Gasteiger partial charge in [-0.15, -0.1) is 0 Å². The SMILES string of the molecule is CC(C)c1ccc(CNCCNC(=O)c2nonc2N)cc1. The summed E-state index contributed by atoms with van der Waals surface area (Å²) in [6, 6.07) is 8.51. The first-order valence-electron chi connectivity index (χ1n) is 7.23. The van der Waals surface area contributed by atoms with E-state index in [2.05, 4.69) is 63.7 Å². The van der Waals surface area contributed by atoms with Gasteiger partial charge in [0, 0.05) is 19.6 Å². The Morgan fingerprint density at radius 3 is 2.55 bits per heavy atom. The molecule has 2 aromatic rings. The first kappa shape index (κ1) is 16.0. The number of benzene rings is 1. The second-order valence-electron chi connectivity index (χ2n) is 5.33. The van der Waals surface area contributed by atoms with Crippen molar-refractivity contribution in [3.8, 4) is 0 Å². The first-order chi connectivity index (χ1) is 10.6. The van der Waals surface area contributed by atoms with Gasteiger partial charge in [0.25, 0.3) is 5.91 Å². The summed E-state index contributed by atoms with van der Waals surface area (Å²) in [6.45, 7) is 6.21. The predicted molar refractivity (Wildman–Crippen MR) is 83.3 cm³/mol. The van der Waals surface area contributed by atoms with Gasteiger partial charge < -0.3 is 16.4 Å². The third-order valence-corrected chi connectivity index (χ3v) is 3.29. The Kier molecular flexibility index (Phi) is 5.48. The van der Waals surface area contributed by atoms with Gasteiger partial charge in [-0.3, -0.25) is 4.79 Å². The second-order valence-corrected chi connectivity index (χ2v) is 5.33. The van der Waals surface area contributed by atoms with Crippen LogP contribution in [0.1, 0.15) is 41.4 Å². The van der Waals surface area contributed by atoms with Crippen LogP contribution in [0.25, 0.3) is 0 Å². The minimum Gasteiger partial charge on any atom is -0.379 e. The van der Waals surface area contributed by atoms with Crippen molar-refractivity contribution in [2.24, 2.45) is 0 Å². The van der Waals surface area contributed by atoms with Gasteiger partial charge >= 0.3 is 0 Å². The molecule has 7 nitrogen and oxygen atoms in total. The molecule has 0 aliphatic carbocycles. The van der Waals surface area contributed by atoms with Crippen LogP contribution in [0.3, 0.4) is 0 Å². The molecule has 0 aliphatic rings. The lowest BCUT2D eigenvalue weighted by molar-refractivity contribution is 0.0944. The number of rotatable bonds is 7. The van der Waals surface area contributed by atoms with E-state index in [9.17, 15) is 4.79 Å². The van der Waals surface area contributed by atoms with Crippen molar-refractivity contribution < 1.29 is 9.42 Å². The van der Waals surface area contributed by atoms with Crippen LogP contribution in [0.15, 0.2) is 28.9 Å². The van der Waals surface area contributed by atoms with Gasteiger partial charge in [-0.1, -0.05) is 38.1 Å². The predicted octanol–water partition coefficient (Wildman–Crippen LogP) is 1.29. The van der Waals surface area contributed by atoms with Crippen molar-refractivity contribution in [2.75, 3.05) is 18.8 Å². The highest BCUT2D eigenvalue weighted by molar-refractivity contribution is 5.95. The number of hydrogen-bond donors (Lipinski definition) is 3. The molecule has 22 heavy (non-hydrogen) atoms. The number of amides is 1. The van der Waals surface area contributed by atoms with Gasteiger partial charge in [-0.05, 0) is 27.4 Å². The number of carbonyl (C=O) groups excluding carboxylic acids is 1. The first-order valence-corrected chi connectivity index (χ1v) is 7.23. The third kappa shape index (κ3) is 4.29. The minimum absolute atomic E-state index is 0.00398. The third-order valence-electron chi connectivity index (χ3n) is 3.29. The fourth-order valence-electron chi connectivity index (χ4n) is 1.95. The van der Waals surface area contributed by atoms with Gasteiger partial charge in [0.15, 0.2) is 0 Å². The highest BCUT2D eigenvalue weighted by atomic mass is 16.6. The maximum atomic E-state index is 11.7. The molecule has 0 unspecified atom stereocenters. The second kappa shape index (κ2) is 7.56. The lowest BCUT2D eigenvalue weighted by Crippen LogP contribution is -2.32. The average Bonchev–Trinajstić information content (AvgIpc) is 2.93. The van der Waals surface area contributed by atoms with Crippen LogP contribution < -0.4 is 16.4 Å². The van der Waals surface area contributed by atoms with Crippen LogP contribution >= 0.6 is 0 Å². The van der Waals surface area contributed by atoms with Crippen LogP contribution in [0.2, 0.25) is 0 Å². The molecule has 0 saturated carbocycles. The summed E-state index contributed by atoms with van der Waals surface area (Å²) in [6.07, 6.45) is 0. The summed E-state index contributed by atoms with van der Waals surface area (Å²) in [7, 11) is 0.